The van der Waals surface area contributed by atoms with E-state index in [9.17, 15) is 14.4 Å². The number of ether oxygens (including phenoxy) is 1. The van der Waals surface area contributed by atoms with Gasteiger partial charge in [-0.1, -0.05) is 13.8 Å². The second-order valence-electron chi connectivity index (χ2n) is 6.51. The number of carbonyl (C=O) groups excluding carboxylic acids is 3. The molecule has 0 aliphatic carbocycles. The second-order valence-corrected chi connectivity index (χ2v) is 8.95. The summed E-state index contributed by atoms with van der Waals surface area (Å²) in [4.78, 5) is 36.1. The van der Waals surface area contributed by atoms with Crippen LogP contribution in [0, 0.1) is 5.92 Å². The highest BCUT2D eigenvalue weighted by Gasteiger charge is 2.28. The highest BCUT2D eigenvalue weighted by atomic mass is 79.9. The number of hydrogen-bond acceptors (Lipinski definition) is 5. The summed E-state index contributed by atoms with van der Waals surface area (Å²) in [6.07, 6.45) is -0.682. The molecule has 4 N–H and O–H groups in total. The Morgan fingerprint density at radius 1 is 1.29 bits per heavy atom. The number of nitrogens with two attached hydrogens (primary N) is 1. The van der Waals surface area contributed by atoms with E-state index in [1.54, 1.807) is 40.7 Å². The van der Waals surface area contributed by atoms with Crippen molar-refractivity contribution >= 4 is 50.9 Å². The highest BCUT2D eigenvalue weighted by molar-refractivity contribution is 9.11. The summed E-state index contributed by atoms with van der Waals surface area (Å²) in [7, 11) is 0. The van der Waals surface area contributed by atoms with Gasteiger partial charge in [0.2, 0.25) is 5.91 Å². The zero-order valence-corrected chi connectivity index (χ0v) is 16.6. The van der Waals surface area contributed by atoms with Crippen LogP contribution in [0.3, 0.4) is 0 Å². The predicted molar refractivity (Wildman–Crippen MR) is 97.2 cm³/mol. The van der Waals surface area contributed by atoms with E-state index in [1.165, 1.54) is 0 Å². The summed E-state index contributed by atoms with van der Waals surface area (Å²) in [5.74, 6) is -1.28. The first-order valence-electron chi connectivity index (χ1n) is 7.30. The second kappa shape index (κ2) is 7.98. The van der Waals surface area contributed by atoms with E-state index in [0.29, 0.717) is 9.47 Å². The van der Waals surface area contributed by atoms with Crippen molar-refractivity contribution in [1.29, 1.82) is 0 Å². The molecule has 1 aromatic rings. The van der Waals surface area contributed by atoms with Crippen LogP contribution < -0.4 is 16.4 Å². The normalized spacial score (nSPS) is 12.6. The van der Waals surface area contributed by atoms with Crippen LogP contribution in [0.25, 0.3) is 0 Å². The minimum absolute atomic E-state index is 0.184. The number of halogens is 1. The Hall–Kier alpha value is -1.61. The van der Waals surface area contributed by atoms with Gasteiger partial charge in [0.05, 0.1) is 9.47 Å². The van der Waals surface area contributed by atoms with Gasteiger partial charge in [-0.05, 0) is 48.7 Å². The lowest BCUT2D eigenvalue weighted by molar-refractivity contribution is -0.119. The van der Waals surface area contributed by atoms with Crippen molar-refractivity contribution in [2.24, 2.45) is 11.7 Å². The summed E-state index contributed by atoms with van der Waals surface area (Å²) < 4.78 is 5.84. The molecule has 0 fully saturated rings. The minimum atomic E-state index is -0.820. The van der Waals surface area contributed by atoms with E-state index in [0.717, 1.165) is 11.3 Å². The monoisotopic (exact) mass is 419 g/mol. The molecular weight excluding hydrogens is 398 g/mol. The summed E-state index contributed by atoms with van der Waals surface area (Å²) >= 11 is 4.37. The maximum absolute atomic E-state index is 12.5. The van der Waals surface area contributed by atoms with E-state index in [2.05, 4.69) is 26.6 Å². The molecule has 9 heteroatoms. The largest absolute Gasteiger partial charge is 0.444 e. The fourth-order valence-electron chi connectivity index (χ4n) is 1.82. The summed E-state index contributed by atoms with van der Waals surface area (Å²) in [5, 5.41) is 5.18. The molecule has 1 aromatic heterocycles. The average molecular weight is 420 g/mol. The third-order valence-corrected chi connectivity index (χ3v) is 4.46. The summed E-state index contributed by atoms with van der Waals surface area (Å²) in [6, 6.07) is 0.771. The highest BCUT2D eigenvalue weighted by Crippen LogP contribution is 2.31. The molecule has 7 nitrogen and oxygen atoms in total. The van der Waals surface area contributed by atoms with Crippen molar-refractivity contribution in [1.82, 2.24) is 5.32 Å². The topological polar surface area (TPSA) is 111 Å². The van der Waals surface area contributed by atoms with Gasteiger partial charge in [0.15, 0.2) is 0 Å². The SMILES string of the molecule is CC(C)[C@H](NC(=O)OC(C)(C)C)C(=O)Nc1cc(Br)sc1C(N)=O. The number of anilines is 1. The van der Waals surface area contributed by atoms with Crippen molar-refractivity contribution in [3.8, 4) is 0 Å². The van der Waals surface area contributed by atoms with Crippen molar-refractivity contribution < 1.29 is 19.1 Å². The molecule has 0 unspecified atom stereocenters. The van der Waals surface area contributed by atoms with Crippen molar-refractivity contribution in [3.63, 3.8) is 0 Å². The minimum Gasteiger partial charge on any atom is -0.444 e. The number of primary amides is 1. The molecule has 24 heavy (non-hydrogen) atoms. The number of carbonyl (C=O) groups is 3. The molecule has 1 atom stereocenters. The van der Waals surface area contributed by atoms with Crippen LogP contribution in [0.2, 0.25) is 0 Å². The zero-order chi connectivity index (χ0) is 18.7. The van der Waals surface area contributed by atoms with Crippen LogP contribution >= 0.6 is 27.3 Å². The molecule has 0 saturated carbocycles. The van der Waals surface area contributed by atoms with E-state index in [1.807, 2.05) is 0 Å². The van der Waals surface area contributed by atoms with Crippen LogP contribution in [0.15, 0.2) is 9.85 Å². The first-order valence-corrected chi connectivity index (χ1v) is 8.91. The molecule has 1 heterocycles. The van der Waals surface area contributed by atoms with Gasteiger partial charge >= 0.3 is 6.09 Å². The van der Waals surface area contributed by atoms with Crippen molar-refractivity contribution in [2.75, 3.05) is 5.32 Å². The van der Waals surface area contributed by atoms with Gasteiger partial charge in [0.1, 0.15) is 16.5 Å². The maximum Gasteiger partial charge on any atom is 0.408 e. The Labute approximate surface area is 153 Å². The molecule has 0 bridgehead atoms. The predicted octanol–water partition coefficient (Wildman–Crippen LogP) is 3.10. The fourth-order valence-corrected chi connectivity index (χ4v) is 3.22. The summed E-state index contributed by atoms with van der Waals surface area (Å²) in [6.45, 7) is 8.79. The maximum atomic E-state index is 12.5. The Morgan fingerprint density at radius 3 is 2.33 bits per heavy atom. The lowest BCUT2D eigenvalue weighted by atomic mass is 10.0. The first kappa shape index (κ1) is 20.4. The average Bonchev–Trinajstić information content (AvgIpc) is 2.74. The smallest absolute Gasteiger partial charge is 0.408 e. The number of amides is 3. The quantitative estimate of drug-likeness (QED) is 0.680. The molecule has 0 aromatic carbocycles. The van der Waals surface area contributed by atoms with Gasteiger partial charge in [0, 0.05) is 0 Å². The van der Waals surface area contributed by atoms with Crippen molar-refractivity contribution in [3.05, 3.63) is 14.7 Å². The Balaban J connectivity index is 2.88. The molecule has 3 amide bonds. The summed E-state index contributed by atoms with van der Waals surface area (Å²) in [5.41, 5.74) is 4.94. The van der Waals surface area contributed by atoms with Gasteiger partial charge in [-0.15, -0.1) is 11.3 Å². The number of alkyl carbamates (subject to hydrolysis) is 1. The lowest BCUT2D eigenvalue weighted by Gasteiger charge is -2.25. The zero-order valence-electron chi connectivity index (χ0n) is 14.2. The molecule has 0 saturated heterocycles. The van der Waals surface area contributed by atoms with Gasteiger partial charge in [0.25, 0.3) is 5.91 Å². The first-order chi connectivity index (χ1) is 10.9. The van der Waals surface area contributed by atoms with Crippen LogP contribution in [-0.4, -0.2) is 29.6 Å². The Morgan fingerprint density at radius 2 is 1.88 bits per heavy atom. The molecule has 0 aliphatic rings. The third kappa shape index (κ3) is 6.12. The van der Waals surface area contributed by atoms with Crippen LogP contribution in [0.4, 0.5) is 10.5 Å². The molecule has 134 valence electrons. The Bertz CT molecular complexity index is 637. The van der Waals surface area contributed by atoms with E-state index in [4.69, 9.17) is 10.5 Å². The van der Waals surface area contributed by atoms with Gasteiger partial charge in [-0.2, -0.15) is 0 Å². The molecule has 1 rings (SSSR count). The number of rotatable bonds is 5. The number of hydrogen-bond donors (Lipinski definition) is 3. The molecule has 0 radical (unpaired) electrons. The number of thiophene rings is 1. The standard InChI is InChI=1S/C15H22BrN3O4S/c1-7(2)10(19-14(22)23-15(3,4)5)13(21)18-8-6-9(16)24-11(8)12(17)20/h6-7,10H,1-5H3,(H2,17,20)(H,18,21)(H,19,22)/t10-/m0/s1. The third-order valence-electron chi connectivity index (χ3n) is 2.81. The van der Waals surface area contributed by atoms with Crippen LogP contribution in [-0.2, 0) is 9.53 Å². The molecule has 0 spiro atoms. The van der Waals surface area contributed by atoms with Crippen LogP contribution in [0.1, 0.15) is 44.3 Å². The van der Waals surface area contributed by atoms with Gasteiger partial charge in [-0.25, -0.2) is 4.79 Å². The Kier molecular flexibility index (Phi) is 6.79. The van der Waals surface area contributed by atoms with E-state index >= 15 is 0 Å². The van der Waals surface area contributed by atoms with Gasteiger partial charge in [-0.3, -0.25) is 9.59 Å². The molecule has 0 aliphatic heterocycles. The fraction of sp³-hybridized carbons (Fsp3) is 0.533. The molecular formula is C15H22BrN3O4S. The number of nitrogens with one attached hydrogen (secondary N) is 2. The van der Waals surface area contributed by atoms with Crippen LogP contribution in [0.5, 0.6) is 0 Å². The van der Waals surface area contributed by atoms with Crippen molar-refractivity contribution in [2.45, 2.75) is 46.3 Å². The van der Waals surface area contributed by atoms with Gasteiger partial charge < -0.3 is 21.1 Å². The van der Waals surface area contributed by atoms with E-state index in [-0.39, 0.29) is 10.8 Å². The van der Waals surface area contributed by atoms with E-state index < -0.39 is 29.6 Å². The lowest BCUT2D eigenvalue weighted by Crippen LogP contribution is -2.48.